The average Bonchev–Trinajstić information content (AvgIpc) is 3.26. The molecule has 4 fully saturated rings. The van der Waals surface area contributed by atoms with Gasteiger partial charge in [0, 0.05) is 25.0 Å². The van der Waals surface area contributed by atoms with Gasteiger partial charge in [0.1, 0.15) is 12.4 Å². The number of nitrogens with zero attached hydrogens (tertiary/aromatic N) is 2. The molecule has 6 rings (SSSR count). The summed E-state index contributed by atoms with van der Waals surface area (Å²) >= 11 is 0. The van der Waals surface area contributed by atoms with Crippen LogP contribution >= 0.6 is 0 Å². The predicted molar refractivity (Wildman–Crippen MR) is 132 cm³/mol. The minimum absolute atomic E-state index is 0.00504. The van der Waals surface area contributed by atoms with Crippen molar-refractivity contribution < 1.29 is 18.8 Å². The van der Waals surface area contributed by atoms with E-state index in [1.54, 1.807) is 6.20 Å². The minimum Gasteiger partial charge on any atom is -0.455 e. The molecule has 1 atom stereocenters. The van der Waals surface area contributed by atoms with E-state index < -0.39 is 5.41 Å². The molecule has 2 aliphatic carbocycles. The van der Waals surface area contributed by atoms with Crippen molar-refractivity contribution in [1.29, 1.82) is 0 Å². The number of anilines is 1. The zero-order valence-corrected chi connectivity index (χ0v) is 20.4. The number of hydrogen-bond acceptors (Lipinski definition) is 4. The van der Waals surface area contributed by atoms with E-state index in [0.717, 1.165) is 70.1 Å². The highest BCUT2D eigenvalue weighted by Gasteiger charge is 2.51. The number of hydrogen-bond donors (Lipinski definition) is 1. The van der Waals surface area contributed by atoms with Crippen molar-refractivity contribution >= 4 is 17.7 Å². The molecule has 6 nitrogen and oxygen atoms in total. The number of quaternary nitrogens is 1. The molecule has 6 heteroatoms. The number of aromatic nitrogens is 1. The van der Waals surface area contributed by atoms with E-state index in [1.807, 2.05) is 19.1 Å². The smallest absolute Gasteiger partial charge is 0.316 e. The zero-order chi connectivity index (χ0) is 23.6. The molecule has 1 amide bonds. The Morgan fingerprint density at radius 1 is 1.15 bits per heavy atom. The Labute approximate surface area is 203 Å². The van der Waals surface area contributed by atoms with Crippen LogP contribution in [-0.2, 0) is 14.3 Å². The van der Waals surface area contributed by atoms with Crippen LogP contribution in [0.3, 0.4) is 0 Å². The van der Waals surface area contributed by atoms with Crippen molar-refractivity contribution in [3.05, 3.63) is 47.7 Å². The molecule has 4 heterocycles. The highest BCUT2D eigenvalue weighted by molar-refractivity contribution is 5.90. The number of carbonyl (C=O) groups excluding carboxylic acids is 2. The maximum Gasteiger partial charge on any atom is 0.316 e. The van der Waals surface area contributed by atoms with Crippen molar-refractivity contribution in [2.24, 2.45) is 11.3 Å². The quantitative estimate of drug-likeness (QED) is 0.376. The number of amides is 1. The summed E-state index contributed by atoms with van der Waals surface area (Å²) in [5.41, 5.74) is 1.86. The largest absolute Gasteiger partial charge is 0.455 e. The summed E-state index contributed by atoms with van der Waals surface area (Å²) in [4.78, 5) is 31.0. The lowest BCUT2D eigenvalue weighted by Crippen LogP contribution is -2.66. The first-order valence-corrected chi connectivity index (χ1v) is 13.1. The third-order valence-corrected chi connectivity index (χ3v) is 8.69. The van der Waals surface area contributed by atoms with Crippen molar-refractivity contribution in [1.82, 2.24) is 4.98 Å². The molecule has 182 valence electrons. The molecule has 0 unspecified atom stereocenters. The summed E-state index contributed by atoms with van der Waals surface area (Å²) in [7, 11) is 0. The highest BCUT2D eigenvalue weighted by atomic mass is 16.5. The lowest BCUT2D eigenvalue weighted by molar-refractivity contribution is -0.939. The monoisotopic (exact) mass is 464 g/mol. The fourth-order valence-corrected chi connectivity index (χ4v) is 6.65. The first kappa shape index (κ1) is 23.3. The number of fused-ring (bicyclic) bond motifs is 3. The topological polar surface area (TPSA) is 68.3 Å². The molecule has 3 aliphatic heterocycles. The molecular weight excluding hydrogens is 426 g/mol. The fourth-order valence-electron chi connectivity index (χ4n) is 6.65. The van der Waals surface area contributed by atoms with E-state index in [1.165, 1.54) is 18.4 Å². The van der Waals surface area contributed by atoms with Crippen LogP contribution in [0.1, 0.15) is 63.4 Å². The normalized spacial score (nSPS) is 29.9. The van der Waals surface area contributed by atoms with Crippen LogP contribution in [-0.4, -0.2) is 53.6 Å². The fraction of sp³-hybridized carbons (Fsp3) is 0.607. The number of aryl methyl sites for hydroxylation is 1. The van der Waals surface area contributed by atoms with Gasteiger partial charge in [-0.2, -0.15) is 0 Å². The molecular formula is C28H38N3O3+. The van der Waals surface area contributed by atoms with Gasteiger partial charge in [0.15, 0.2) is 12.6 Å². The van der Waals surface area contributed by atoms with Gasteiger partial charge in [-0.25, -0.2) is 4.98 Å². The SMILES string of the molecule is Cc1ccc(NC(=O)C[N+]23CCC(CC2)[C@@H](OC(=O)C2(C4=CC=CC4)CCCCCC2)C3)nc1. The predicted octanol–water partition coefficient (Wildman–Crippen LogP) is 4.71. The van der Waals surface area contributed by atoms with Gasteiger partial charge in [-0.3, -0.25) is 9.59 Å². The maximum absolute atomic E-state index is 13.8. The second-order valence-corrected chi connectivity index (χ2v) is 11.0. The van der Waals surface area contributed by atoms with E-state index in [9.17, 15) is 9.59 Å². The van der Waals surface area contributed by atoms with Gasteiger partial charge in [-0.15, -0.1) is 0 Å². The maximum atomic E-state index is 13.8. The van der Waals surface area contributed by atoms with E-state index >= 15 is 0 Å². The van der Waals surface area contributed by atoms with Crippen LogP contribution in [0.5, 0.6) is 0 Å². The number of esters is 1. The van der Waals surface area contributed by atoms with Gasteiger partial charge < -0.3 is 14.5 Å². The molecule has 2 bridgehead atoms. The summed E-state index contributed by atoms with van der Waals surface area (Å²) in [6, 6.07) is 3.80. The van der Waals surface area contributed by atoms with E-state index in [4.69, 9.17) is 4.74 Å². The van der Waals surface area contributed by atoms with Gasteiger partial charge in [0.2, 0.25) is 0 Å². The van der Waals surface area contributed by atoms with Gasteiger partial charge in [0.05, 0.1) is 18.5 Å². The molecule has 0 radical (unpaired) electrons. The molecule has 1 aromatic heterocycles. The van der Waals surface area contributed by atoms with Crippen molar-refractivity contribution in [3.63, 3.8) is 0 Å². The molecule has 1 saturated carbocycles. The van der Waals surface area contributed by atoms with E-state index in [2.05, 4.69) is 28.5 Å². The van der Waals surface area contributed by atoms with Gasteiger partial charge in [0.25, 0.3) is 5.91 Å². The lowest BCUT2D eigenvalue weighted by Gasteiger charge is -2.52. The first-order valence-electron chi connectivity index (χ1n) is 13.1. The molecule has 1 N–H and O–H groups in total. The average molecular weight is 465 g/mol. The Hall–Kier alpha value is -2.47. The lowest BCUT2D eigenvalue weighted by atomic mass is 9.73. The van der Waals surface area contributed by atoms with Crippen LogP contribution in [0, 0.1) is 18.3 Å². The molecule has 0 aromatic carbocycles. The molecule has 3 saturated heterocycles. The number of carbonyl (C=O) groups is 2. The Morgan fingerprint density at radius 2 is 1.91 bits per heavy atom. The Kier molecular flexibility index (Phi) is 6.61. The summed E-state index contributed by atoms with van der Waals surface area (Å²) in [6.45, 7) is 5.10. The Morgan fingerprint density at radius 3 is 2.56 bits per heavy atom. The summed E-state index contributed by atoms with van der Waals surface area (Å²) in [5.74, 6) is 1.00. The van der Waals surface area contributed by atoms with Crippen molar-refractivity contribution in [2.75, 3.05) is 31.5 Å². The number of ether oxygens (including phenoxy) is 1. The van der Waals surface area contributed by atoms with Crippen LogP contribution in [0.2, 0.25) is 0 Å². The Bertz CT molecular complexity index is 965. The van der Waals surface area contributed by atoms with E-state index in [0.29, 0.717) is 22.8 Å². The summed E-state index contributed by atoms with van der Waals surface area (Å²) in [5, 5.41) is 2.96. The standard InChI is InChI=1S/C28H37N3O3/c1-21-10-11-25(29-18-21)30-26(32)20-31-16-12-22(13-17-31)24(19-31)34-27(33)28(23-8-4-5-9-23)14-6-2-3-7-15-28/h4-5,8,10-11,18,22,24H,2-3,6-7,9,12-17,19-20H2,1H3/p+1/t22?,24-,31?/m0/s1. The zero-order valence-electron chi connectivity index (χ0n) is 20.4. The van der Waals surface area contributed by atoms with Crippen LogP contribution < -0.4 is 5.32 Å². The van der Waals surface area contributed by atoms with Gasteiger partial charge >= 0.3 is 5.97 Å². The number of allylic oxidation sites excluding steroid dienone is 3. The minimum atomic E-state index is -0.453. The second-order valence-electron chi connectivity index (χ2n) is 11.0. The molecule has 1 aromatic rings. The summed E-state index contributed by atoms with van der Waals surface area (Å²) < 4.78 is 7.12. The first-order chi connectivity index (χ1) is 16.5. The highest BCUT2D eigenvalue weighted by Crippen LogP contribution is 2.46. The summed E-state index contributed by atoms with van der Waals surface area (Å²) in [6.07, 6.45) is 17.4. The van der Waals surface area contributed by atoms with Gasteiger partial charge in [-0.05, 0) is 43.4 Å². The van der Waals surface area contributed by atoms with Crippen LogP contribution in [0.15, 0.2) is 42.1 Å². The van der Waals surface area contributed by atoms with E-state index in [-0.39, 0.29) is 18.0 Å². The number of nitrogens with one attached hydrogen (secondary N) is 1. The number of rotatable bonds is 6. The number of pyridine rings is 1. The van der Waals surface area contributed by atoms with Crippen molar-refractivity contribution in [2.45, 2.75) is 70.8 Å². The van der Waals surface area contributed by atoms with Crippen LogP contribution in [0.4, 0.5) is 5.82 Å². The third-order valence-electron chi connectivity index (χ3n) is 8.69. The molecule has 5 aliphatic rings. The Balaban J connectivity index is 1.26. The number of piperidine rings is 3. The third kappa shape index (κ3) is 4.70. The second kappa shape index (κ2) is 9.65. The van der Waals surface area contributed by atoms with Crippen molar-refractivity contribution in [3.8, 4) is 0 Å². The molecule has 34 heavy (non-hydrogen) atoms. The van der Waals surface area contributed by atoms with Gasteiger partial charge in [-0.1, -0.05) is 50.0 Å². The molecule has 0 spiro atoms. The van der Waals surface area contributed by atoms with Crippen LogP contribution in [0.25, 0.3) is 0 Å².